The van der Waals surface area contributed by atoms with Crippen molar-refractivity contribution in [2.75, 3.05) is 4.90 Å². The van der Waals surface area contributed by atoms with Crippen LogP contribution in [-0.2, 0) is 6.54 Å². The molecule has 0 fully saturated rings. The highest BCUT2D eigenvalue weighted by Crippen LogP contribution is 2.35. The van der Waals surface area contributed by atoms with Crippen molar-refractivity contribution in [3.63, 3.8) is 0 Å². The minimum Gasteiger partial charge on any atom is -0.279 e. The van der Waals surface area contributed by atoms with E-state index in [-0.39, 0.29) is 5.91 Å². The first-order chi connectivity index (χ1) is 13.0. The second-order valence-electron chi connectivity index (χ2n) is 6.35. The Balaban J connectivity index is 1.81. The SMILES string of the molecule is Cc1ccc(C)c2sc(N(Cc3ccccc3)C(=O)c3ccc(Cl)s3)nc12. The number of anilines is 1. The van der Waals surface area contributed by atoms with Crippen LogP contribution in [0.1, 0.15) is 26.4 Å². The zero-order chi connectivity index (χ0) is 19.0. The number of nitrogens with zero attached hydrogens (tertiary/aromatic N) is 2. The lowest BCUT2D eigenvalue weighted by molar-refractivity contribution is 0.0989. The molecule has 0 radical (unpaired) electrons. The molecular formula is C21H17ClN2OS2. The highest BCUT2D eigenvalue weighted by atomic mass is 35.5. The summed E-state index contributed by atoms with van der Waals surface area (Å²) in [6.45, 7) is 4.59. The van der Waals surface area contributed by atoms with Crippen LogP contribution < -0.4 is 4.90 Å². The van der Waals surface area contributed by atoms with Crippen LogP contribution in [0, 0.1) is 13.8 Å². The van der Waals surface area contributed by atoms with Gasteiger partial charge in [0, 0.05) is 0 Å². The molecule has 0 unspecified atom stereocenters. The number of thiazole rings is 1. The molecule has 0 aliphatic heterocycles. The summed E-state index contributed by atoms with van der Waals surface area (Å²) in [5, 5.41) is 0.709. The first-order valence-corrected chi connectivity index (χ1v) is 10.5. The summed E-state index contributed by atoms with van der Waals surface area (Å²) < 4.78 is 1.73. The predicted octanol–water partition coefficient (Wildman–Crippen LogP) is 6.48. The molecule has 4 aromatic rings. The van der Waals surface area contributed by atoms with Crippen molar-refractivity contribution < 1.29 is 4.79 Å². The van der Waals surface area contributed by atoms with Crippen molar-refractivity contribution in [2.45, 2.75) is 20.4 Å². The van der Waals surface area contributed by atoms with Gasteiger partial charge < -0.3 is 0 Å². The van der Waals surface area contributed by atoms with E-state index in [0.29, 0.717) is 20.9 Å². The van der Waals surface area contributed by atoms with Gasteiger partial charge in [-0.3, -0.25) is 9.69 Å². The molecule has 2 heterocycles. The standard InChI is InChI=1S/C21H17ClN2OS2/c1-13-8-9-14(2)19-18(13)23-21(27-19)24(12-15-6-4-3-5-7-15)20(25)16-10-11-17(22)26-16/h3-11H,12H2,1-2H3. The lowest BCUT2D eigenvalue weighted by Crippen LogP contribution is -2.29. The molecule has 0 saturated heterocycles. The molecular weight excluding hydrogens is 396 g/mol. The average Bonchev–Trinajstić information content (AvgIpc) is 3.30. The second-order valence-corrected chi connectivity index (χ2v) is 9.05. The molecule has 6 heteroatoms. The van der Waals surface area contributed by atoms with Gasteiger partial charge in [-0.25, -0.2) is 4.98 Å². The van der Waals surface area contributed by atoms with Crippen LogP contribution in [0.4, 0.5) is 5.13 Å². The third kappa shape index (κ3) is 3.63. The van der Waals surface area contributed by atoms with Crippen LogP contribution in [0.25, 0.3) is 10.2 Å². The van der Waals surface area contributed by atoms with Crippen molar-refractivity contribution in [3.8, 4) is 0 Å². The van der Waals surface area contributed by atoms with Crippen LogP contribution in [0.2, 0.25) is 4.34 Å². The number of amides is 1. The van der Waals surface area contributed by atoms with Crippen molar-refractivity contribution >= 4 is 55.5 Å². The molecule has 0 spiro atoms. The fraction of sp³-hybridized carbons (Fsp3) is 0.143. The Morgan fingerprint density at radius 2 is 1.74 bits per heavy atom. The van der Waals surface area contributed by atoms with Gasteiger partial charge >= 0.3 is 0 Å². The van der Waals surface area contributed by atoms with E-state index in [4.69, 9.17) is 16.6 Å². The Hall–Kier alpha value is -2.21. The molecule has 0 atom stereocenters. The van der Waals surface area contributed by atoms with E-state index in [1.165, 1.54) is 16.9 Å². The summed E-state index contributed by atoms with van der Waals surface area (Å²) in [5.41, 5.74) is 4.31. The Kier molecular flexibility index (Phi) is 5.00. The number of rotatable bonds is 4. The smallest absolute Gasteiger partial charge is 0.270 e. The maximum Gasteiger partial charge on any atom is 0.270 e. The molecule has 0 aliphatic rings. The quantitative estimate of drug-likeness (QED) is 0.384. The third-order valence-corrected chi connectivity index (χ3v) is 6.81. The van der Waals surface area contributed by atoms with E-state index in [2.05, 4.69) is 19.1 Å². The Morgan fingerprint density at radius 1 is 1.00 bits per heavy atom. The summed E-state index contributed by atoms with van der Waals surface area (Å²) in [6, 6.07) is 17.7. The fourth-order valence-corrected chi connectivity index (χ4v) is 5.02. The van der Waals surface area contributed by atoms with E-state index < -0.39 is 0 Å². The van der Waals surface area contributed by atoms with Crippen LogP contribution in [0.15, 0.2) is 54.6 Å². The molecule has 0 saturated carbocycles. The van der Waals surface area contributed by atoms with E-state index in [9.17, 15) is 4.79 Å². The molecule has 0 aliphatic carbocycles. The number of fused-ring (bicyclic) bond motifs is 1. The highest BCUT2D eigenvalue weighted by molar-refractivity contribution is 7.22. The summed E-state index contributed by atoms with van der Waals surface area (Å²) in [6.07, 6.45) is 0. The zero-order valence-electron chi connectivity index (χ0n) is 14.9. The minimum atomic E-state index is -0.0786. The van der Waals surface area contributed by atoms with Gasteiger partial charge in [0.25, 0.3) is 5.91 Å². The zero-order valence-corrected chi connectivity index (χ0v) is 17.3. The molecule has 136 valence electrons. The number of aryl methyl sites for hydroxylation is 2. The Labute approximate surface area is 170 Å². The number of thiophene rings is 1. The molecule has 4 rings (SSSR count). The molecule has 2 aromatic heterocycles. The lowest BCUT2D eigenvalue weighted by Gasteiger charge is -2.19. The van der Waals surface area contributed by atoms with Crippen LogP contribution in [0.5, 0.6) is 0 Å². The third-order valence-electron chi connectivity index (χ3n) is 4.37. The maximum atomic E-state index is 13.3. The summed E-state index contributed by atoms with van der Waals surface area (Å²) in [7, 11) is 0. The lowest BCUT2D eigenvalue weighted by atomic mass is 10.1. The topological polar surface area (TPSA) is 33.2 Å². The summed E-state index contributed by atoms with van der Waals surface area (Å²) in [5.74, 6) is -0.0786. The van der Waals surface area contributed by atoms with E-state index in [0.717, 1.165) is 21.3 Å². The number of aromatic nitrogens is 1. The van der Waals surface area contributed by atoms with E-state index in [1.54, 1.807) is 28.4 Å². The Bertz CT molecular complexity index is 1080. The maximum absolute atomic E-state index is 13.3. The van der Waals surface area contributed by atoms with E-state index >= 15 is 0 Å². The number of benzene rings is 2. The van der Waals surface area contributed by atoms with Gasteiger partial charge in [0.15, 0.2) is 5.13 Å². The van der Waals surface area contributed by atoms with Crippen molar-refractivity contribution in [3.05, 3.63) is 80.5 Å². The monoisotopic (exact) mass is 412 g/mol. The van der Waals surface area contributed by atoms with Crippen LogP contribution >= 0.6 is 34.3 Å². The first kappa shape index (κ1) is 18.2. The van der Waals surface area contributed by atoms with Crippen molar-refractivity contribution in [1.29, 1.82) is 0 Å². The van der Waals surface area contributed by atoms with Crippen molar-refractivity contribution in [1.82, 2.24) is 4.98 Å². The number of halogens is 1. The van der Waals surface area contributed by atoms with Crippen molar-refractivity contribution in [2.24, 2.45) is 0 Å². The molecule has 1 amide bonds. The molecule has 3 nitrogen and oxygen atoms in total. The fourth-order valence-electron chi connectivity index (χ4n) is 2.92. The van der Waals surface area contributed by atoms with Crippen LogP contribution in [-0.4, -0.2) is 10.9 Å². The summed E-state index contributed by atoms with van der Waals surface area (Å²) in [4.78, 5) is 20.4. The molecule has 2 aromatic carbocycles. The van der Waals surface area contributed by atoms with Crippen LogP contribution in [0.3, 0.4) is 0 Å². The van der Waals surface area contributed by atoms with Gasteiger partial charge in [-0.1, -0.05) is 65.4 Å². The molecule has 0 bridgehead atoms. The predicted molar refractivity (Wildman–Crippen MR) is 115 cm³/mol. The summed E-state index contributed by atoms with van der Waals surface area (Å²) >= 11 is 8.91. The molecule has 27 heavy (non-hydrogen) atoms. The van der Waals surface area contributed by atoms with Gasteiger partial charge in [0.2, 0.25) is 0 Å². The highest BCUT2D eigenvalue weighted by Gasteiger charge is 2.23. The van der Waals surface area contributed by atoms with Gasteiger partial charge in [0.05, 0.1) is 26.0 Å². The van der Waals surface area contributed by atoms with Gasteiger partial charge in [-0.2, -0.15) is 0 Å². The number of hydrogen-bond acceptors (Lipinski definition) is 4. The largest absolute Gasteiger partial charge is 0.279 e. The average molecular weight is 413 g/mol. The Morgan fingerprint density at radius 3 is 2.41 bits per heavy atom. The molecule has 0 N–H and O–H groups in total. The minimum absolute atomic E-state index is 0.0786. The normalized spacial score (nSPS) is 11.1. The van der Waals surface area contributed by atoms with Gasteiger partial charge in [0.1, 0.15) is 0 Å². The first-order valence-electron chi connectivity index (χ1n) is 8.51. The van der Waals surface area contributed by atoms with Gasteiger partial charge in [-0.05, 0) is 42.7 Å². The van der Waals surface area contributed by atoms with E-state index in [1.807, 2.05) is 37.3 Å². The number of hydrogen-bond donors (Lipinski definition) is 0. The second kappa shape index (κ2) is 7.43. The van der Waals surface area contributed by atoms with Gasteiger partial charge in [-0.15, -0.1) is 11.3 Å². The number of carbonyl (C=O) groups is 1. The number of carbonyl (C=O) groups excluding carboxylic acids is 1.